The SMILES string of the molecule is Cc1ccc(S(=O)(=O)NCCN2c3ccccc3Sc3ccc(Cl)cc32)cc1. The van der Waals surface area contributed by atoms with Crippen molar-refractivity contribution in [2.24, 2.45) is 0 Å². The van der Waals surface area contributed by atoms with Gasteiger partial charge in [0.25, 0.3) is 0 Å². The summed E-state index contributed by atoms with van der Waals surface area (Å²) in [5, 5.41) is 0.656. The minimum absolute atomic E-state index is 0.274. The molecule has 1 aliphatic heterocycles. The van der Waals surface area contributed by atoms with Gasteiger partial charge in [0.05, 0.1) is 16.3 Å². The maximum atomic E-state index is 12.6. The zero-order valence-electron chi connectivity index (χ0n) is 15.2. The maximum Gasteiger partial charge on any atom is 0.240 e. The Balaban J connectivity index is 1.56. The molecule has 0 spiro atoms. The van der Waals surface area contributed by atoms with E-state index in [0.717, 1.165) is 26.7 Å². The van der Waals surface area contributed by atoms with Crippen molar-refractivity contribution in [3.05, 3.63) is 77.3 Å². The standard InChI is InChI=1S/C21H19ClN2O2S2/c1-15-6-9-17(10-7-15)28(25,26)23-12-13-24-18-4-2-3-5-20(18)27-21-11-8-16(22)14-19(21)24/h2-11,14,23H,12-13H2,1H3. The molecule has 1 heterocycles. The number of sulfonamides is 1. The highest BCUT2D eigenvalue weighted by Gasteiger charge is 2.24. The second-order valence-corrected chi connectivity index (χ2v) is 9.83. The number of anilines is 2. The van der Waals surface area contributed by atoms with Crippen molar-refractivity contribution in [1.82, 2.24) is 4.72 Å². The molecule has 0 atom stereocenters. The zero-order valence-corrected chi connectivity index (χ0v) is 17.6. The van der Waals surface area contributed by atoms with Crippen LogP contribution in [0.15, 0.2) is 81.4 Å². The third-order valence-corrected chi connectivity index (χ3v) is 7.39. The Bertz CT molecular complexity index is 1120. The van der Waals surface area contributed by atoms with Crippen LogP contribution in [-0.2, 0) is 10.0 Å². The largest absolute Gasteiger partial charge is 0.338 e. The van der Waals surface area contributed by atoms with E-state index in [1.165, 1.54) is 0 Å². The highest BCUT2D eigenvalue weighted by molar-refractivity contribution is 7.99. The van der Waals surface area contributed by atoms with Crippen LogP contribution in [0.1, 0.15) is 5.56 Å². The highest BCUT2D eigenvalue weighted by atomic mass is 35.5. The van der Waals surface area contributed by atoms with Crippen molar-refractivity contribution in [3.8, 4) is 0 Å². The zero-order chi connectivity index (χ0) is 19.7. The van der Waals surface area contributed by atoms with Gasteiger partial charge in [-0.1, -0.05) is 53.2 Å². The number of hydrogen-bond acceptors (Lipinski definition) is 4. The molecule has 0 saturated carbocycles. The molecule has 28 heavy (non-hydrogen) atoms. The molecule has 1 N–H and O–H groups in total. The van der Waals surface area contributed by atoms with E-state index in [1.807, 2.05) is 43.3 Å². The fourth-order valence-corrected chi connectivity index (χ4v) is 5.40. The summed E-state index contributed by atoms with van der Waals surface area (Å²) in [5.41, 5.74) is 3.07. The van der Waals surface area contributed by atoms with E-state index < -0.39 is 10.0 Å². The number of benzene rings is 3. The molecular weight excluding hydrogens is 412 g/mol. The van der Waals surface area contributed by atoms with Crippen molar-refractivity contribution in [2.45, 2.75) is 21.6 Å². The number of nitrogens with one attached hydrogen (secondary N) is 1. The summed E-state index contributed by atoms with van der Waals surface area (Å²) in [7, 11) is -3.55. The van der Waals surface area contributed by atoms with Crippen molar-refractivity contribution >= 4 is 44.8 Å². The number of aryl methyl sites for hydroxylation is 1. The van der Waals surface area contributed by atoms with E-state index >= 15 is 0 Å². The molecule has 1 aliphatic rings. The predicted molar refractivity (Wildman–Crippen MR) is 115 cm³/mol. The van der Waals surface area contributed by atoms with Gasteiger partial charge in [-0.25, -0.2) is 13.1 Å². The summed E-state index contributed by atoms with van der Waals surface area (Å²) in [6, 6.07) is 20.7. The minimum Gasteiger partial charge on any atom is -0.338 e. The van der Waals surface area contributed by atoms with Crippen LogP contribution >= 0.6 is 23.4 Å². The Morgan fingerprint density at radius 2 is 1.68 bits per heavy atom. The first-order chi connectivity index (χ1) is 13.4. The molecule has 0 saturated heterocycles. The molecule has 0 aromatic heterocycles. The monoisotopic (exact) mass is 430 g/mol. The smallest absolute Gasteiger partial charge is 0.240 e. The van der Waals surface area contributed by atoms with Crippen molar-refractivity contribution in [3.63, 3.8) is 0 Å². The van der Waals surface area contributed by atoms with Crippen LogP contribution in [0.3, 0.4) is 0 Å². The van der Waals surface area contributed by atoms with Crippen LogP contribution in [0.25, 0.3) is 0 Å². The third-order valence-electron chi connectivity index (χ3n) is 4.55. The van der Waals surface area contributed by atoms with Gasteiger partial charge < -0.3 is 4.90 Å². The Morgan fingerprint density at radius 3 is 2.46 bits per heavy atom. The Kier molecular flexibility index (Phi) is 5.38. The molecule has 0 aliphatic carbocycles. The van der Waals surface area contributed by atoms with E-state index in [9.17, 15) is 8.42 Å². The second-order valence-electron chi connectivity index (χ2n) is 6.54. The highest BCUT2D eigenvalue weighted by Crippen LogP contribution is 2.48. The van der Waals surface area contributed by atoms with Crippen LogP contribution in [0.2, 0.25) is 5.02 Å². The van der Waals surface area contributed by atoms with Crippen LogP contribution < -0.4 is 9.62 Å². The van der Waals surface area contributed by atoms with Gasteiger partial charge in [-0.05, 0) is 49.4 Å². The van der Waals surface area contributed by atoms with Crippen molar-refractivity contribution in [2.75, 3.05) is 18.0 Å². The van der Waals surface area contributed by atoms with E-state index in [0.29, 0.717) is 11.6 Å². The normalized spacial score (nSPS) is 13.1. The lowest BCUT2D eigenvalue weighted by atomic mass is 10.2. The third kappa shape index (κ3) is 3.91. The lowest BCUT2D eigenvalue weighted by Crippen LogP contribution is -2.33. The van der Waals surface area contributed by atoms with Gasteiger partial charge in [0.15, 0.2) is 0 Å². The Morgan fingerprint density at radius 1 is 0.964 bits per heavy atom. The molecule has 7 heteroatoms. The molecule has 3 aromatic carbocycles. The first-order valence-electron chi connectivity index (χ1n) is 8.84. The first kappa shape index (κ1) is 19.3. The molecule has 4 rings (SSSR count). The quantitative estimate of drug-likeness (QED) is 0.602. The van der Waals surface area contributed by atoms with Gasteiger partial charge in [0.1, 0.15) is 0 Å². The maximum absolute atomic E-state index is 12.6. The van der Waals surface area contributed by atoms with E-state index in [4.69, 9.17) is 11.6 Å². The molecule has 144 valence electrons. The second kappa shape index (κ2) is 7.79. The van der Waals surface area contributed by atoms with E-state index in [2.05, 4.69) is 15.7 Å². The molecule has 0 unspecified atom stereocenters. The number of para-hydroxylation sites is 1. The average molecular weight is 431 g/mol. The van der Waals surface area contributed by atoms with Crippen LogP contribution in [0.5, 0.6) is 0 Å². The van der Waals surface area contributed by atoms with Gasteiger partial charge in [0.2, 0.25) is 10.0 Å². The van der Waals surface area contributed by atoms with Gasteiger partial charge in [-0.2, -0.15) is 0 Å². The number of hydrogen-bond donors (Lipinski definition) is 1. The van der Waals surface area contributed by atoms with Crippen LogP contribution in [-0.4, -0.2) is 21.5 Å². The molecule has 0 bridgehead atoms. The molecule has 4 nitrogen and oxygen atoms in total. The topological polar surface area (TPSA) is 49.4 Å². The van der Waals surface area contributed by atoms with E-state index in [-0.39, 0.29) is 11.4 Å². The van der Waals surface area contributed by atoms with Crippen molar-refractivity contribution < 1.29 is 8.42 Å². The molecule has 0 amide bonds. The lowest BCUT2D eigenvalue weighted by molar-refractivity contribution is 0.582. The summed E-state index contributed by atoms with van der Waals surface area (Å²) in [6.07, 6.45) is 0. The minimum atomic E-state index is -3.55. The summed E-state index contributed by atoms with van der Waals surface area (Å²) in [5.74, 6) is 0. The van der Waals surface area contributed by atoms with Crippen molar-refractivity contribution in [1.29, 1.82) is 0 Å². The fraction of sp³-hybridized carbons (Fsp3) is 0.143. The fourth-order valence-electron chi connectivity index (χ4n) is 3.14. The summed E-state index contributed by atoms with van der Waals surface area (Å²) in [4.78, 5) is 4.63. The number of fused-ring (bicyclic) bond motifs is 2. The van der Waals surface area contributed by atoms with Gasteiger partial charge >= 0.3 is 0 Å². The summed E-state index contributed by atoms with van der Waals surface area (Å²) in [6.45, 7) is 2.70. The molecular formula is C21H19ClN2O2S2. The van der Waals surface area contributed by atoms with Gasteiger partial charge in [0, 0.05) is 27.9 Å². The predicted octanol–water partition coefficient (Wildman–Crippen LogP) is 5.23. The van der Waals surface area contributed by atoms with Crippen LogP contribution in [0.4, 0.5) is 11.4 Å². The average Bonchev–Trinajstić information content (AvgIpc) is 2.68. The number of nitrogens with zero attached hydrogens (tertiary/aromatic N) is 1. The first-order valence-corrected chi connectivity index (χ1v) is 11.5. The molecule has 3 aromatic rings. The lowest BCUT2D eigenvalue weighted by Gasteiger charge is -2.33. The Labute approximate surface area is 174 Å². The van der Waals surface area contributed by atoms with Crippen LogP contribution in [0, 0.1) is 6.92 Å². The summed E-state index contributed by atoms with van der Waals surface area (Å²) < 4.78 is 27.9. The number of rotatable bonds is 5. The molecule has 0 fully saturated rings. The van der Waals surface area contributed by atoms with E-state index in [1.54, 1.807) is 36.0 Å². The number of halogens is 1. The summed E-state index contributed by atoms with van der Waals surface area (Å²) >= 11 is 7.91. The Hall–Kier alpha value is -1.99. The van der Waals surface area contributed by atoms with Gasteiger partial charge in [-0.15, -0.1) is 0 Å². The molecule has 0 radical (unpaired) electrons. The van der Waals surface area contributed by atoms with Gasteiger partial charge in [-0.3, -0.25) is 0 Å².